The first-order chi connectivity index (χ1) is 7.65. The summed E-state index contributed by atoms with van der Waals surface area (Å²) in [6.07, 6.45) is 3.18. The summed E-state index contributed by atoms with van der Waals surface area (Å²) in [6.45, 7) is 6.70. The third kappa shape index (κ3) is 2.72. The van der Waals surface area contributed by atoms with Crippen LogP contribution in [-0.4, -0.2) is 34.2 Å². The molecule has 0 amide bonds. The number of aromatic amines is 1. The summed E-state index contributed by atoms with van der Waals surface area (Å²) in [4.78, 5) is 17.1. The van der Waals surface area contributed by atoms with Gasteiger partial charge in [0.15, 0.2) is 0 Å². The van der Waals surface area contributed by atoms with Gasteiger partial charge in [0.05, 0.1) is 0 Å². The molecule has 0 aliphatic carbocycles. The molecule has 0 aromatic carbocycles. The molecule has 0 radical (unpaired) electrons. The Hall–Kier alpha value is -1.10. The minimum absolute atomic E-state index is 0.383. The van der Waals surface area contributed by atoms with Gasteiger partial charge in [-0.3, -0.25) is 0 Å². The van der Waals surface area contributed by atoms with Gasteiger partial charge in [0.1, 0.15) is 0 Å². The Morgan fingerprint density at radius 2 is 2.44 bits per heavy atom. The van der Waals surface area contributed by atoms with Gasteiger partial charge in [-0.2, -0.15) is 10.1 Å². The molecule has 1 aliphatic heterocycles. The van der Waals surface area contributed by atoms with Crippen molar-refractivity contribution in [3.63, 3.8) is 0 Å². The number of nitrogens with zero attached hydrogens (tertiary/aromatic N) is 2. The average Bonchev–Trinajstić information content (AvgIpc) is 2.64. The van der Waals surface area contributed by atoms with E-state index in [0.29, 0.717) is 17.9 Å². The van der Waals surface area contributed by atoms with Gasteiger partial charge in [-0.15, -0.1) is 0 Å². The van der Waals surface area contributed by atoms with Crippen LogP contribution in [0, 0.1) is 5.92 Å². The van der Waals surface area contributed by atoms with Crippen LogP contribution in [0.1, 0.15) is 32.6 Å². The first-order valence-electron chi connectivity index (χ1n) is 5.93. The summed E-state index contributed by atoms with van der Waals surface area (Å²) in [7, 11) is 0. The van der Waals surface area contributed by atoms with Crippen LogP contribution in [-0.2, 0) is 6.42 Å². The number of hydrogen-bond acceptors (Lipinski definition) is 4. The highest BCUT2D eigenvalue weighted by Gasteiger charge is 2.23. The Balaban J connectivity index is 1.92. The molecule has 0 saturated carbocycles. The zero-order valence-electron chi connectivity index (χ0n) is 9.90. The Labute approximate surface area is 94.8 Å². The van der Waals surface area contributed by atoms with E-state index in [-0.39, 0.29) is 5.69 Å². The number of piperidine rings is 1. The van der Waals surface area contributed by atoms with Gasteiger partial charge in [-0.05, 0) is 39.2 Å². The molecule has 2 heterocycles. The van der Waals surface area contributed by atoms with E-state index in [1.165, 1.54) is 19.4 Å². The van der Waals surface area contributed by atoms with Crippen molar-refractivity contribution in [1.29, 1.82) is 0 Å². The van der Waals surface area contributed by atoms with Gasteiger partial charge >= 0.3 is 5.69 Å². The summed E-state index contributed by atoms with van der Waals surface area (Å²) in [5.74, 6) is 1.10. The average molecular weight is 225 g/mol. The number of H-pyrrole nitrogens is 1. The Morgan fingerprint density at radius 1 is 1.62 bits per heavy atom. The fraction of sp³-hybridized carbons (Fsp3) is 0.818. The zero-order chi connectivity index (χ0) is 11.5. The van der Waals surface area contributed by atoms with Crippen LogP contribution in [0.15, 0.2) is 9.32 Å². The number of likely N-dealkylation sites (tertiary alicyclic amines) is 1. The van der Waals surface area contributed by atoms with Crippen molar-refractivity contribution in [1.82, 2.24) is 15.0 Å². The molecular formula is C11H19N3O2. The van der Waals surface area contributed by atoms with Crippen molar-refractivity contribution >= 4 is 0 Å². The number of nitrogens with one attached hydrogen (secondary N) is 1. The first kappa shape index (κ1) is 11.4. The molecule has 1 N–H and O–H groups in total. The minimum atomic E-state index is -0.383. The van der Waals surface area contributed by atoms with E-state index in [0.717, 1.165) is 13.0 Å². The number of hydrogen-bond donors (Lipinski definition) is 1. The van der Waals surface area contributed by atoms with Crippen LogP contribution in [0.4, 0.5) is 0 Å². The summed E-state index contributed by atoms with van der Waals surface area (Å²) < 4.78 is 5.00. The standard InChI is InChI=1S/C11H19N3O2/c1-8(2)14-5-3-4-9(7-14)6-10-12-11(15)13-16-10/h8-9H,3-7H2,1-2H3,(H,13,15). The minimum Gasteiger partial charge on any atom is -0.362 e. The van der Waals surface area contributed by atoms with E-state index in [1.807, 2.05) is 0 Å². The topological polar surface area (TPSA) is 62.1 Å². The van der Waals surface area contributed by atoms with Crippen LogP contribution in [0.3, 0.4) is 0 Å². The largest absolute Gasteiger partial charge is 0.377 e. The van der Waals surface area contributed by atoms with Gasteiger partial charge in [-0.1, -0.05) is 0 Å². The second kappa shape index (κ2) is 4.82. The molecule has 16 heavy (non-hydrogen) atoms. The van der Waals surface area contributed by atoms with E-state index < -0.39 is 0 Å². The highest BCUT2D eigenvalue weighted by Crippen LogP contribution is 2.20. The molecular weight excluding hydrogens is 206 g/mol. The zero-order valence-corrected chi connectivity index (χ0v) is 9.90. The molecule has 90 valence electrons. The lowest BCUT2D eigenvalue weighted by atomic mass is 9.94. The smallest absolute Gasteiger partial charge is 0.362 e. The molecule has 1 aromatic heterocycles. The second-order valence-corrected chi connectivity index (χ2v) is 4.82. The Bertz CT molecular complexity index is 383. The second-order valence-electron chi connectivity index (χ2n) is 4.82. The van der Waals surface area contributed by atoms with Crippen LogP contribution in [0.25, 0.3) is 0 Å². The monoisotopic (exact) mass is 225 g/mol. The van der Waals surface area contributed by atoms with Gasteiger partial charge in [0.2, 0.25) is 5.89 Å². The summed E-state index contributed by atoms with van der Waals surface area (Å²) in [6, 6.07) is 0.592. The Kier molecular flexibility index (Phi) is 3.43. The van der Waals surface area contributed by atoms with Crippen molar-refractivity contribution < 1.29 is 4.52 Å². The maximum absolute atomic E-state index is 10.8. The molecule has 0 bridgehead atoms. The van der Waals surface area contributed by atoms with Gasteiger partial charge < -0.3 is 9.42 Å². The predicted molar refractivity (Wildman–Crippen MR) is 60.3 cm³/mol. The fourth-order valence-corrected chi connectivity index (χ4v) is 2.33. The molecule has 5 nitrogen and oxygen atoms in total. The lowest BCUT2D eigenvalue weighted by Crippen LogP contribution is -2.40. The molecule has 1 unspecified atom stereocenters. The van der Waals surface area contributed by atoms with Gasteiger partial charge in [0, 0.05) is 19.0 Å². The molecule has 0 spiro atoms. The molecule has 1 aliphatic rings. The predicted octanol–water partition coefficient (Wildman–Crippen LogP) is 1.03. The van der Waals surface area contributed by atoms with Crippen LogP contribution < -0.4 is 5.69 Å². The van der Waals surface area contributed by atoms with E-state index in [1.54, 1.807) is 0 Å². The van der Waals surface area contributed by atoms with Crippen molar-refractivity contribution in [2.45, 2.75) is 39.2 Å². The van der Waals surface area contributed by atoms with E-state index >= 15 is 0 Å². The van der Waals surface area contributed by atoms with Crippen molar-refractivity contribution in [2.24, 2.45) is 5.92 Å². The number of aromatic nitrogens is 2. The first-order valence-corrected chi connectivity index (χ1v) is 5.93. The third-order valence-corrected chi connectivity index (χ3v) is 3.23. The molecule has 1 aromatic rings. The van der Waals surface area contributed by atoms with Crippen LogP contribution in [0.2, 0.25) is 0 Å². The molecule has 1 saturated heterocycles. The van der Waals surface area contributed by atoms with Gasteiger partial charge in [-0.25, -0.2) is 4.79 Å². The molecule has 2 rings (SSSR count). The fourth-order valence-electron chi connectivity index (χ4n) is 2.33. The van der Waals surface area contributed by atoms with Crippen molar-refractivity contribution in [3.05, 3.63) is 16.4 Å². The number of rotatable bonds is 3. The highest BCUT2D eigenvalue weighted by atomic mass is 16.5. The normalized spacial score (nSPS) is 22.8. The maximum atomic E-state index is 10.8. The van der Waals surface area contributed by atoms with Crippen LogP contribution in [0.5, 0.6) is 0 Å². The van der Waals surface area contributed by atoms with E-state index in [9.17, 15) is 4.79 Å². The SMILES string of the molecule is CC(C)N1CCCC(Cc2nc(=O)[nH]o2)C1. The quantitative estimate of drug-likeness (QED) is 0.834. The Morgan fingerprint density at radius 3 is 3.06 bits per heavy atom. The molecule has 1 atom stereocenters. The van der Waals surface area contributed by atoms with E-state index in [2.05, 4.69) is 28.9 Å². The van der Waals surface area contributed by atoms with Crippen molar-refractivity contribution in [3.8, 4) is 0 Å². The lowest BCUT2D eigenvalue weighted by molar-refractivity contribution is 0.135. The summed E-state index contributed by atoms with van der Waals surface area (Å²) in [5, 5.41) is 2.24. The summed E-state index contributed by atoms with van der Waals surface area (Å²) >= 11 is 0. The maximum Gasteiger partial charge on any atom is 0.377 e. The molecule has 1 fully saturated rings. The van der Waals surface area contributed by atoms with Crippen molar-refractivity contribution in [2.75, 3.05) is 13.1 Å². The summed E-state index contributed by atoms with van der Waals surface area (Å²) in [5.41, 5.74) is -0.383. The highest BCUT2D eigenvalue weighted by molar-refractivity contribution is 4.84. The van der Waals surface area contributed by atoms with E-state index in [4.69, 9.17) is 4.52 Å². The lowest BCUT2D eigenvalue weighted by Gasteiger charge is -2.34. The van der Waals surface area contributed by atoms with Gasteiger partial charge in [0.25, 0.3) is 0 Å². The van der Waals surface area contributed by atoms with Crippen LogP contribution >= 0.6 is 0 Å². The molecule has 5 heteroatoms. The third-order valence-electron chi connectivity index (χ3n) is 3.23.